The predicted octanol–water partition coefficient (Wildman–Crippen LogP) is 7.87. The monoisotopic (exact) mass is 677 g/mol. The quantitative estimate of drug-likeness (QED) is 0.189. The number of β-amino-alcohol motifs (C(OH)–C–C–N with tert-alkyl or cyclic N) is 1. The molecule has 3 aromatic carbocycles. The number of ketones is 1. The molecule has 256 valence electrons. The van der Waals surface area contributed by atoms with E-state index in [1.807, 2.05) is 24.3 Å². The van der Waals surface area contributed by atoms with Crippen LogP contribution in [0.15, 0.2) is 72.3 Å². The van der Waals surface area contributed by atoms with Gasteiger partial charge in [-0.3, -0.25) is 4.79 Å². The maximum atomic E-state index is 14.3. The second-order valence-electron chi connectivity index (χ2n) is 14.7. The number of carbonyl (C=O) groups is 1. The van der Waals surface area contributed by atoms with Gasteiger partial charge < -0.3 is 20.2 Å². The van der Waals surface area contributed by atoms with E-state index in [4.69, 9.17) is 11.6 Å². The second kappa shape index (κ2) is 13.8. The fourth-order valence-electron chi connectivity index (χ4n) is 8.49. The van der Waals surface area contributed by atoms with Gasteiger partial charge in [-0.05, 0) is 124 Å². The van der Waals surface area contributed by atoms with Gasteiger partial charge in [-0.1, -0.05) is 54.4 Å². The molecule has 1 saturated carbocycles. The van der Waals surface area contributed by atoms with Crippen molar-refractivity contribution in [2.24, 2.45) is 5.41 Å². The maximum Gasteiger partial charge on any atom is 0.193 e. The Labute approximate surface area is 287 Å². The van der Waals surface area contributed by atoms with E-state index in [1.54, 1.807) is 18.2 Å². The van der Waals surface area contributed by atoms with Gasteiger partial charge in [0.2, 0.25) is 0 Å². The van der Waals surface area contributed by atoms with E-state index in [1.165, 1.54) is 11.6 Å². The van der Waals surface area contributed by atoms with Gasteiger partial charge in [-0.15, -0.1) is 0 Å². The van der Waals surface area contributed by atoms with Crippen molar-refractivity contribution in [1.82, 2.24) is 4.90 Å². The van der Waals surface area contributed by atoms with Crippen LogP contribution in [0.2, 0.25) is 5.02 Å². The molecule has 1 aliphatic heterocycles. The molecular formula is C40H46ClF2NO4. The number of hydrogen-bond donors (Lipinski definition) is 3. The molecule has 4 unspecified atom stereocenters. The van der Waals surface area contributed by atoms with Crippen LogP contribution in [-0.4, -0.2) is 57.3 Å². The van der Waals surface area contributed by atoms with Gasteiger partial charge in [-0.25, -0.2) is 8.78 Å². The van der Waals surface area contributed by atoms with Crippen LogP contribution in [0.3, 0.4) is 0 Å². The van der Waals surface area contributed by atoms with Crippen molar-refractivity contribution in [2.75, 3.05) is 19.6 Å². The number of carbonyl (C=O) groups excluding carboxylic acids is 1. The Morgan fingerprint density at radius 3 is 2.38 bits per heavy atom. The number of piperidine rings is 1. The first kappa shape index (κ1) is 34.9. The van der Waals surface area contributed by atoms with Crippen LogP contribution in [-0.2, 0) is 12.0 Å². The smallest absolute Gasteiger partial charge is 0.193 e. The lowest BCUT2D eigenvalue weighted by molar-refractivity contribution is -0.101. The summed E-state index contributed by atoms with van der Waals surface area (Å²) in [5.41, 5.74) is 1.44. The van der Waals surface area contributed by atoms with Crippen molar-refractivity contribution in [3.63, 3.8) is 0 Å². The molecule has 0 radical (unpaired) electrons. The van der Waals surface area contributed by atoms with Crippen LogP contribution < -0.4 is 0 Å². The number of nitrogens with zero attached hydrogens (tertiary/aromatic N) is 1. The van der Waals surface area contributed by atoms with Crippen LogP contribution in [0.25, 0.3) is 0 Å². The van der Waals surface area contributed by atoms with Crippen LogP contribution in [0.1, 0.15) is 104 Å². The Kier molecular flexibility index (Phi) is 10.0. The summed E-state index contributed by atoms with van der Waals surface area (Å²) in [6, 6.07) is 16.3. The number of halogens is 3. The molecule has 0 spiro atoms. The van der Waals surface area contributed by atoms with Gasteiger partial charge in [0.25, 0.3) is 0 Å². The Morgan fingerprint density at radius 2 is 1.67 bits per heavy atom. The normalized spacial score (nSPS) is 28.0. The Hall–Kier alpha value is -2.94. The molecule has 8 heteroatoms. The van der Waals surface area contributed by atoms with Gasteiger partial charge in [-0.2, -0.15) is 0 Å². The van der Waals surface area contributed by atoms with Crippen molar-refractivity contribution < 1.29 is 28.9 Å². The highest BCUT2D eigenvalue weighted by Crippen LogP contribution is 2.59. The zero-order chi connectivity index (χ0) is 34.3. The Balaban J connectivity index is 1.34. The lowest BCUT2D eigenvalue weighted by atomic mass is 9.64. The highest BCUT2D eigenvalue weighted by atomic mass is 35.5. The number of benzene rings is 3. The number of aliphatic hydroxyl groups is 3. The summed E-state index contributed by atoms with van der Waals surface area (Å²) >= 11 is 6.09. The van der Waals surface area contributed by atoms with Crippen molar-refractivity contribution >= 4 is 17.4 Å². The summed E-state index contributed by atoms with van der Waals surface area (Å²) in [7, 11) is 0. The van der Waals surface area contributed by atoms with Crippen molar-refractivity contribution in [1.29, 1.82) is 0 Å². The van der Waals surface area contributed by atoms with Crippen LogP contribution >= 0.6 is 11.6 Å². The summed E-state index contributed by atoms with van der Waals surface area (Å²) in [6.45, 7) is 5.91. The minimum absolute atomic E-state index is 0.0592. The molecule has 3 N–H and O–H groups in total. The van der Waals surface area contributed by atoms with Crippen LogP contribution in [0.5, 0.6) is 0 Å². The lowest BCUT2D eigenvalue weighted by Gasteiger charge is -2.48. The molecule has 3 aromatic rings. The molecule has 3 aliphatic carbocycles. The third-order valence-electron chi connectivity index (χ3n) is 11.6. The summed E-state index contributed by atoms with van der Waals surface area (Å²) in [4.78, 5) is 16.3. The molecule has 1 saturated heterocycles. The number of hydrogen-bond acceptors (Lipinski definition) is 5. The molecule has 5 nitrogen and oxygen atoms in total. The van der Waals surface area contributed by atoms with Crippen LogP contribution in [0.4, 0.5) is 8.78 Å². The average Bonchev–Trinajstić information content (AvgIpc) is 3.31. The van der Waals surface area contributed by atoms with E-state index in [2.05, 4.69) is 24.8 Å². The topological polar surface area (TPSA) is 81.0 Å². The number of rotatable bonds is 5. The van der Waals surface area contributed by atoms with E-state index in [-0.39, 0.29) is 11.5 Å². The largest absolute Gasteiger partial charge is 0.393 e. The summed E-state index contributed by atoms with van der Waals surface area (Å²) < 4.78 is 28.2. The summed E-state index contributed by atoms with van der Waals surface area (Å²) in [5.74, 6) is -2.68. The Morgan fingerprint density at radius 1 is 0.938 bits per heavy atom. The van der Waals surface area contributed by atoms with Crippen molar-refractivity contribution in [2.45, 2.75) is 94.9 Å². The van der Waals surface area contributed by atoms with E-state index in [0.29, 0.717) is 75.2 Å². The number of aliphatic hydroxyl groups excluding tert-OH is 1. The molecule has 4 aliphatic rings. The summed E-state index contributed by atoms with van der Waals surface area (Å²) in [6.07, 6.45) is 6.99. The second-order valence-corrected chi connectivity index (χ2v) is 15.2. The van der Waals surface area contributed by atoms with Gasteiger partial charge in [0.1, 0.15) is 0 Å². The SMILES string of the molecule is CC1=CCCC2(C)C(CCC2(O)CN2CCC(O)(c3ccc(Cl)cc3)CC2)c2ccc(cc2C(=O)c2ccc(F)c(F)c2)CC(O)CC1. The summed E-state index contributed by atoms with van der Waals surface area (Å²) in [5, 5.41) is 35.7. The zero-order valence-corrected chi connectivity index (χ0v) is 28.6. The number of allylic oxidation sites excluding steroid dienone is 2. The highest BCUT2D eigenvalue weighted by Gasteiger charge is 2.57. The molecule has 2 bridgehead atoms. The van der Waals surface area contributed by atoms with Crippen molar-refractivity contribution in [3.8, 4) is 0 Å². The average molecular weight is 678 g/mol. The zero-order valence-electron chi connectivity index (χ0n) is 27.8. The molecule has 7 rings (SSSR count). The lowest BCUT2D eigenvalue weighted by Crippen LogP contribution is -2.55. The standard InChI is InChI=1S/C40H46ClF2NO4/c1-26-4-3-16-38(2)34(15-17-40(38,48)25-44-20-18-39(47,19-21-44)29-8-10-30(41)11-9-29)32-13-6-27(22-31(45)12-5-26)23-33(32)37(46)28-7-14-35(42)36(43)24-28/h4,6-11,13-14,23-24,31,34,45,47-48H,3,5,12,15-22,25H2,1-2H3. The molecular weight excluding hydrogens is 632 g/mol. The number of likely N-dealkylation sites (tertiary alicyclic amines) is 1. The first-order chi connectivity index (χ1) is 22.8. The fourth-order valence-corrected chi connectivity index (χ4v) is 8.62. The third kappa shape index (κ3) is 6.90. The van der Waals surface area contributed by atoms with E-state index < -0.39 is 40.1 Å². The fraction of sp³-hybridized carbons (Fsp3) is 0.475. The van der Waals surface area contributed by atoms with E-state index in [9.17, 15) is 28.9 Å². The van der Waals surface area contributed by atoms with Crippen LogP contribution in [0, 0.1) is 17.0 Å². The first-order valence-corrected chi connectivity index (χ1v) is 17.6. The minimum Gasteiger partial charge on any atom is -0.393 e. The minimum atomic E-state index is -1.08. The van der Waals surface area contributed by atoms with Gasteiger partial charge in [0.15, 0.2) is 17.4 Å². The predicted molar refractivity (Wildman–Crippen MR) is 184 cm³/mol. The van der Waals surface area contributed by atoms with Gasteiger partial charge in [0.05, 0.1) is 17.3 Å². The molecule has 4 atom stereocenters. The molecule has 0 amide bonds. The number of fused-ring (bicyclic) bond motifs is 8. The maximum absolute atomic E-state index is 14.3. The van der Waals surface area contributed by atoms with Gasteiger partial charge in [0, 0.05) is 41.2 Å². The van der Waals surface area contributed by atoms with E-state index >= 15 is 0 Å². The third-order valence-corrected chi connectivity index (χ3v) is 11.9. The van der Waals surface area contributed by atoms with Gasteiger partial charge >= 0.3 is 0 Å². The molecule has 48 heavy (non-hydrogen) atoms. The molecule has 1 heterocycles. The highest BCUT2D eigenvalue weighted by molar-refractivity contribution is 6.30. The first-order valence-electron chi connectivity index (χ1n) is 17.2. The van der Waals surface area contributed by atoms with E-state index in [0.717, 1.165) is 41.7 Å². The molecule has 2 fully saturated rings. The molecule has 0 aromatic heterocycles. The Bertz CT molecular complexity index is 1680. The van der Waals surface area contributed by atoms with Crippen molar-refractivity contribution in [3.05, 3.63) is 117 Å².